The van der Waals surface area contributed by atoms with Crippen molar-refractivity contribution in [1.82, 2.24) is 10.2 Å². The van der Waals surface area contributed by atoms with Crippen LogP contribution >= 0.6 is 23.1 Å². The van der Waals surface area contributed by atoms with Crippen LogP contribution in [0, 0.1) is 10.1 Å². The van der Waals surface area contributed by atoms with Gasteiger partial charge in [-0.2, -0.15) is 11.3 Å². The second kappa shape index (κ2) is 7.50. The third-order valence-corrected chi connectivity index (χ3v) is 6.01. The second-order valence-electron chi connectivity index (χ2n) is 5.64. The van der Waals surface area contributed by atoms with Gasteiger partial charge in [0.25, 0.3) is 11.8 Å². The molecule has 0 spiro atoms. The molecule has 27 heavy (non-hydrogen) atoms. The Bertz CT molecular complexity index is 865. The second-order valence-corrected chi connectivity index (χ2v) is 7.52. The van der Waals surface area contributed by atoms with E-state index in [0.717, 1.165) is 11.0 Å². The Labute approximate surface area is 160 Å². The topological polar surface area (TPSA) is 150 Å². The number of nitrogens with one attached hydrogen (secondary N) is 1. The zero-order valence-corrected chi connectivity index (χ0v) is 15.1. The maximum absolute atomic E-state index is 12.4. The third kappa shape index (κ3) is 3.59. The molecule has 0 aliphatic carbocycles. The lowest BCUT2D eigenvalue weighted by molar-refractivity contribution is -0.402. The molecule has 142 valence electrons. The Morgan fingerprint density at radius 2 is 2.22 bits per heavy atom. The predicted octanol–water partition coefficient (Wildman–Crippen LogP) is 0.310. The van der Waals surface area contributed by atoms with Crippen LogP contribution in [0.1, 0.15) is 11.7 Å². The lowest BCUT2D eigenvalue weighted by Crippen LogP contribution is -2.70. The molecular weight excluding hydrogens is 398 g/mol. The molecule has 2 aliphatic heterocycles. The van der Waals surface area contributed by atoms with E-state index in [0.29, 0.717) is 11.8 Å². The van der Waals surface area contributed by atoms with Crippen LogP contribution in [0.15, 0.2) is 40.4 Å². The van der Waals surface area contributed by atoms with Gasteiger partial charge in [-0.05, 0) is 22.4 Å². The summed E-state index contributed by atoms with van der Waals surface area (Å²) in [4.78, 5) is 46.9. The van der Waals surface area contributed by atoms with Gasteiger partial charge in [-0.1, -0.05) is 0 Å². The van der Waals surface area contributed by atoms with Crippen LogP contribution in [0.4, 0.5) is 0 Å². The van der Waals surface area contributed by atoms with Gasteiger partial charge >= 0.3 is 5.97 Å². The minimum absolute atomic E-state index is 0.125. The number of hydrogen-bond donors (Lipinski definition) is 3. The first-order valence-electron chi connectivity index (χ1n) is 7.54. The molecular formula is C15H13N3O7S2. The van der Waals surface area contributed by atoms with E-state index in [-0.39, 0.29) is 17.0 Å². The SMILES string of the molecule is O=C(O)C1=C(C=C[N+](=O)[O-])CS[C@H]2C(NC(=O)C(O)c3ccsc3)C(=O)N12. The van der Waals surface area contributed by atoms with E-state index in [1.807, 2.05) is 0 Å². The van der Waals surface area contributed by atoms with Gasteiger partial charge in [0.15, 0.2) is 6.10 Å². The van der Waals surface area contributed by atoms with Crippen molar-refractivity contribution in [2.24, 2.45) is 0 Å². The van der Waals surface area contributed by atoms with Crippen LogP contribution in [-0.4, -0.2) is 55.0 Å². The maximum atomic E-state index is 12.4. The minimum Gasteiger partial charge on any atom is -0.477 e. The molecule has 3 atom stereocenters. The van der Waals surface area contributed by atoms with Crippen molar-refractivity contribution in [1.29, 1.82) is 0 Å². The fourth-order valence-electron chi connectivity index (χ4n) is 2.74. The van der Waals surface area contributed by atoms with Crippen LogP contribution < -0.4 is 5.32 Å². The standard InChI is InChI=1S/C15H13N3O7S2/c19-11(8-2-4-26-5-8)12(20)16-9-13(21)18-10(15(22)23)7(1-3-17(24)25)6-27-14(9)18/h1-5,9,11,14,19H,6H2,(H,16,20)(H,22,23)/t9?,11?,14-/m0/s1. The van der Waals surface area contributed by atoms with Crippen molar-refractivity contribution >= 4 is 40.9 Å². The van der Waals surface area contributed by atoms with Gasteiger partial charge in [0.1, 0.15) is 17.1 Å². The van der Waals surface area contributed by atoms with Crippen LogP contribution in [-0.2, 0) is 14.4 Å². The molecule has 1 aromatic heterocycles. The van der Waals surface area contributed by atoms with E-state index in [4.69, 9.17) is 0 Å². The molecule has 3 N–H and O–H groups in total. The van der Waals surface area contributed by atoms with Crippen LogP contribution in [0.3, 0.4) is 0 Å². The number of carbonyl (C=O) groups excluding carboxylic acids is 2. The molecule has 0 saturated carbocycles. The molecule has 2 unspecified atom stereocenters. The number of nitrogens with zero attached hydrogens (tertiary/aromatic N) is 2. The number of aliphatic carboxylic acids is 1. The molecule has 0 radical (unpaired) electrons. The van der Waals surface area contributed by atoms with E-state index in [1.165, 1.54) is 23.1 Å². The summed E-state index contributed by atoms with van der Waals surface area (Å²) in [5, 5.41) is 35.0. The maximum Gasteiger partial charge on any atom is 0.352 e. The van der Waals surface area contributed by atoms with Gasteiger partial charge in [0, 0.05) is 17.4 Å². The number of carboxylic acids is 1. The minimum atomic E-state index is -1.43. The Balaban J connectivity index is 1.76. The Hall–Kier alpha value is -2.70. The number of thioether (sulfide) groups is 1. The summed E-state index contributed by atoms with van der Waals surface area (Å²) in [6, 6.07) is 0.601. The molecule has 1 saturated heterocycles. The number of thiophene rings is 1. The number of β-lactam (4-membered cyclic amide) rings is 1. The van der Waals surface area contributed by atoms with Crippen LogP contribution in [0.25, 0.3) is 0 Å². The van der Waals surface area contributed by atoms with Crippen molar-refractivity contribution in [2.45, 2.75) is 17.5 Å². The normalized spacial score (nSPS) is 23.0. The molecule has 3 rings (SSSR count). The highest BCUT2D eigenvalue weighted by Crippen LogP contribution is 2.40. The first kappa shape index (κ1) is 19.1. The van der Waals surface area contributed by atoms with Gasteiger partial charge in [-0.15, -0.1) is 11.8 Å². The van der Waals surface area contributed by atoms with Crippen LogP contribution in [0.2, 0.25) is 0 Å². The highest BCUT2D eigenvalue weighted by atomic mass is 32.2. The quantitative estimate of drug-likeness (QED) is 0.344. The molecule has 2 aliphatic rings. The van der Waals surface area contributed by atoms with E-state index in [1.54, 1.807) is 16.8 Å². The summed E-state index contributed by atoms with van der Waals surface area (Å²) in [6.07, 6.45) is 0.228. The third-order valence-electron chi connectivity index (χ3n) is 4.00. The van der Waals surface area contributed by atoms with Crippen molar-refractivity contribution < 1.29 is 29.5 Å². The Morgan fingerprint density at radius 3 is 2.81 bits per heavy atom. The number of amides is 2. The summed E-state index contributed by atoms with van der Waals surface area (Å²) in [7, 11) is 0. The van der Waals surface area contributed by atoms with Gasteiger partial charge < -0.3 is 15.5 Å². The summed E-state index contributed by atoms with van der Waals surface area (Å²) in [6.45, 7) is 0. The first-order chi connectivity index (χ1) is 12.8. The first-order valence-corrected chi connectivity index (χ1v) is 9.53. The summed E-state index contributed by atoms with van der Waals surface area (Å²) < 4.78 is 0. The number of rotatable bonds is 6. The van der Waals surface area contributed by atoms with Gasteiger partial charge in [-0.25, -0.2) is 4.79 Å². The lowest BCUT2D eigenvalue weighted by Gasteiger charge is -2.49. The zero-order chi connectivity index (χ0) is 19.7. The molecule has 10 nitrogen and oxygen atoms in total. The lowest BCUT2D eigenvalue weighted by atomic mass is 10.0. The summed E-state index contributed by atoms with van der Waals surface area (Å²) in [5.41, 5.74) is 0.193. The van der Waals surface area contributed by atoms with Crippen molar-refractivity contribution in [3.05, 3.63) is 56.1 Å². The smallest absolute Gasteiger partial charge is 0.352 e. The molecule has 3 heterocycles. The van der Waals surface area contributed by atoms with E-state index in [9.17, 15) is 34.7 Å². The Morgan fingerprint density at radius 1 is 1.48 bits per heavy atom. The number of fused-ring (bicyclic) bond motifs is 1. The number of allylic oxidation sites excluding steroid dienone is 1. The van der Waals surface area contributed by atoms with Gasteiger partial charge in [0.05, 0.1) is 4.92 Å². The molecule has 1 aromatic rings. The van der Waals surface area contributed by atoms with Gasteiger partial charge in [-0.3, -0.25) is 24.6 Å². The molecule has 0 bridgehead atoms. The molecule has 2 amide bonds. The predicted molar refractivity (Wildman–Crippen MR) is 95.1 cm³/mol. The van der Waals surface area contributed by atoms with Crippen LogP contribution in [0.5, 0.6) is 0 Å². The fraction of sp³-hybridized carbons (Fsp3) is 0.267. The highest BCUT2D eigenvalue weighted by Gasteiger charge is 2.54. The number of hydrogen-bond acceptors (Lipinski definition) is 8. The van der Waals surface area contributed by atoms with Crippen molar-refractivity contribution in [3.8, 4) is 0 Å². The molecule has 1 fully saturated rings. The summed E-state index contributed by atoms with van der Waals surface area (Å²) in [5.74, 6) is -2.67. The Kier molecular flexibility index (Phi) is 5.30. The van der Waals surface area contributed by atoms with E-state index >= 15 is 0 Å². The molecule has 0 aromatic carbocycles. The number of aliphatic hydroxyl groups excluding tert-OH is 1. The van der Waals surface area contributed by atoms with E-state index < -0.39 is 40.2 Å². The van der Waals surface area contributed by atoms with E-state index in [2.05, 4.69) is 5.32 Å². The number of aliphatic hydroxyl groups is 1. The zero-order valence-electron chi connectivity index (χ0n) is 13.5. The molecule has 12 heteroatoms. The monoisotopic (exact) mass is 411 g/mol. The average molecular weight is 411 g/mol. The van der Waals surface area contributed by atoms with Crippen molar-refractivity contribution in [3.63, 3.8) is 0 Å². The highest BCUT2D eigenvalue weighted by molar-refractivity contribution is 8.00. The fourth-order valence-corrected chi connectivity index (χ4v) is 4.73. The number of carboxylic acid groups (broad SMARTS) is 1. The largest absolute Gasteiger partial charge is 0.477 e. The van der Waals surface area contributed by atoms with Gasteiger partial charge in [0.2, 0.25) is 6.20 Å². The summed E-state index contributed by atoms with van der Waals surface area (Å²) >= 11 is 2.48. The number of carbonyl (C=O) groups is 3. The average Bonchev–Trinajstić information content (AvgIpc) is 3.16. The van der Waals surface area contributed by atoms with Crippen molar-refractivity contribution in [2.75, 3.05) is 5.75 Å². The number of nitro groups is 1.